The molecule has 3 aromatic rings. The molecule has 0 spiro atoms. The zero-order valence-electron chi connectivity index (χ0n) is 16.7. The number of aromatic amines is 1. The van der Waals surface area contributed by atoms with Gasteiger partial charge in [0.1, 0.15) is 17.5 Å². The number of rotatable bonds is 3. The van der Waals surface area contributed by atoms with Crippen molar-refractivity contribution in [1.29, 1.82) is 0 Å². The van der Waals surface area contributed by atoms with Gasteiger partial charge in [-0.25, -0.2) is 22.5 Å². The highest BCUT2D eigenvalue weighted by Gasteiger charge is 2.37. The molecule has 31 heavy (non-hydrogen) atoms. The highest BCUT2D eigenvalue weighted by Crippen LogP contribution is 2.45. The minimum atomic E-state index is -2.68. The lowest BCUT2D eigenvalue weighted by molar-refractivity contribution is -0.0384. The Morgan fingerprint density at radius 3 is 2.65 bits per heavy atom. The van der Waals surface area contributed by atoms with E-state index in [1.807, 2.05) is 0 Å². The van der Waals surface area contributed by atoms with Gasteiger partial charge in [0.2, 0.25) is 5.92 Å². The van der Waals surface area contributed by atoms with E-state index in [4.69, 9.17) is 9.72 Å². The summed E-state index contributed by atoms with van der Waals surface area (Å²) < 4.78 is 61.7. The summed E-state index contributed by atoms with van der Waals surface area (Å²) in [4.78, 5) is 12.5. The maximum absolute atomic E-state index is 14.7. The van der Waals surface area contributed by atoms with Crippen molar-refractivity contribution in [2.75, 3.05) is 6.61 Å². The number of hydrogen-bond acceptors (Lipinski definition) is 3. The molecule has 8 heteroatoms. The normalized spacial score (nSPS) is 18.7. The first-order chi connectivity index (χ1) is 14.9. The van der Waals surface area contributed by atoms with E-state index in [1.165, 1.54) is 6.20 Å². The summed E-state index contributed by atoms with van der Waals surface area (Å²) in [6.07, 6.45) is 2.26. The number of halogens is 4. The number of aromatic nitrogens is 3. The molecule has 1 fully saturated rings. The standard InChI is InChI=1S/C23H21F4N3O/c24-14-1-2-17(25)16(11-14)15-5-9-28-21(13-3-7-23(26,27)8-4-13)20(15)22-29-18-6-10-31-12-19(18)30-22/h1-2,5,9,11,13H,3-4,6-8,10,12H2,(H,29,30). The first-order valence-electron chi connectivity index (χ1n) is 10.4. The van der Waals surface area contributed by atoms with Gasteiger partial charge in [0, 0.05) is 42.5 Å². The fourth-order valence-corrected chi connectivity index (χ4v) is 4.51. The predicted molar refractivity (Wildman–Crippen MR) is 107 cm³/mol. The molecule has 162 valence electrons. The van der Waals surface area contributed by atoms with Crippen LogP contribution in [0.2, 0.25) is 0 Å². The van der Waals surface area contributed by atoms with E-state index in [0.29, 0.717) is 42.3 Å². The van der Waals surface area contributed by atoms with Crippen molar-refractivity contribution in [2.24, 2.45) is 0 Å². The molecule has 0 radical (unpaired) electrons. The lowest BCUT2D eigenvalue weighted by Gasteiger charge is -2.29. The van der Waals surface area contributed by atoms with Crippen molar-refractivity contribution in [2.45, 2.75) is 50.6 Å². The van der Waals surface area contributed by atoms with Gasteiger partial charge in [-0.1, -0.05) is 0 Å². The predicted octanol–water partition coefficient (Wildman–Crippen LogP) is 5.78. The number of nitrogens with zero attached hydrogens (tertiary/aromatic N) is 2. The molecule has 1 N–H and O–H groups in total. The molecule has 4 nitrogen and oxygen atoms in total. The highest BCUT2D eigenvalue weighted by atomic mass is 19.3. The zero-order chi connectivity index (χ0) is 21.6. The zero-order valence-corrected chi connectivity index (χ0v) is 16.7. The number of imidazole rings is 1. The molecule has 0 amide bonds. The fourth-order valence-electron chi connectivity index (χ4n) is 4.51. The van der Waals surface area contributed by atoms with E-state index in [-0.39, 0.29) is 37.2 Å². The van der Waals surface area contributed by atoms with E-state index in [1.54, 1.807) is 6.07 Å². The van der Waals surface area contributed by atoms with Gasteiger partial charge in [-0.2, -0.15) is 0 Å². The lowest BCUT2D eigenvalue weighted by atomic mass is 9.81. The summed E-state index contributed by atoms with van der Waals surface area (Å²) in [6, 6.07) is 4.90. The van der Waals surface area contributed by atoms with Crippen molar-refractivity contribution >= 4 is 0 Å². The van der Waals surface area contributed by atoms with Crippen LogP contribution in [0.5, 0.6) is 0 Å². The molecule has 0 saturated heterocycles. The van der Waals surface area contributed by atoms with Gasteiger partial charge in [0.05, 0.1) is 30.3 Å². The second kappa shape index (κ2) is 7.75. The van der Waals surface area contributed by atoms with E-state index >= 15 is 0 Å². The van der Waals surface area contributed by atoms with E-state index in [9.17, 15) is 17.6 Å². The molecule has 0 unspecified atom stereocenters. The molecule has 5 rings (SSSR count). The van der Waals surface area contributed by atoms with Crippen LogP contribution in [0.15, 0.2) is 30.5 Å². The summed E-state index contributed by atoms with van der Waals surface area (Å²) in [7, 11) is 0. The average molecular weight is 431 g/mol. The average Bonchev–Trinajstić information content (AvgIpc) is 3.19. The maximum atomic E-state index is 14.7. The molecule has 0 atom stereocenters. The lowest BCUT2D eigenvalue weighted by Crippen LogP contribution is -2.24. The summed E-state index contributed by atoms with van der Waals surface area (Å²) in [5, 5.41) is 0. The summed E-state index contributed by atoms with van der Waals surface area (Å²) >= 11 is 0. The van der Waals surface area contributed by atoms with Crippen LogP contribution in [0, 0.1) is 11.6 Å². The van der Waals surface area contributed by atoms with Gasteiger partial charge in [0.15, 0.2) is 0 Å². The summed E-state index contributed by atoms with van der Waals surface area (Å²) in [5.41, 5.74) is 3.34. The Morgan fingerprint density at radius 1 is 1.06 bits per heavy atom. The van der Waals surface area contributed by atoms with E-state index < -0.39 is 17.6 Å². The van der Waals surface area contributed by atoms with Crippen LogP contribution in [0.1, 0.15) is 48.7 Å². The topological polar surface area (TPSA) is 50.8 Å². The maximum Gasteiger partial charge on any atom is 0.248 e. The summed E-state index contributed by atoms with van der Waals surface area (Å²) in [5.74, 6) is -3.55. The van der Waals surface area contributed by atoms with E-state index in [0.717, 1.165) is 29.6 Å². The van der Waals surface area contributed by atoms with E-state index in [2.05, 4.69) is 9.97 Å². The molecular weight excluding hydrogens is 410 g/mol. The van der Waals surface area contributed by atoms with Gasteiger partial charge < -0.3 is 9.72 Å². The SMILES string of the molecule is Fc1ccc(F)c(-c2ccnc(C3CCC(F)(F)CC3)c2-c2nc3c([nH]2)COCC3)c1. The Kier molecular flexibility index (Phi) is 5.04. The third kappa shape index (κ3) is 3.84. The quantitative estimate of drug-likeness (QED) is 0.535. The molecule has 3 heterocycles. The van der Waals surface area contributed by atoms with Gasteiger partial charge in [-0.05, 0) is 42.7 Å². The fraction of sp³-hybridized carbons (Fsp3) is 0.391. The Morgan fingerprint density at radius 2 is 1.87 bits per heavy atom. The van der Waals surface area contributed by atoms with Crippen LogP contribution < -0.4 is 0 Å². The summed E-state index contributed by atoms with van der Waals surface area (Å²) in [6.45, 7) is 0.942. The minimum absolute atomic E-state index is 0.0883. The second-order valence-electron chi connectivity index (χ2n) is 8.19. The van der Waals surface area contributed by atoms with Crippen LogP contribution >= 0.6 is 0 Å². The number of benzene rings is 1. The molecule has 1 aromatic carbocycles. The van der Waals surface area contributed by atoms with Crippen molar-refractivity contribution in [1.82, 2.24) is 15.0 Å². The van der Waals surface area contributed by atoms with Crippen LogP contribution in [0.25, 0.3) is 22.5 Å². The number of fused-ring (bicyclic) bond motifs is 1. The van der Waals surface area contributed by atoms with Gasteiger partial charge in [-0.3, -0.25) is 4.98 Å². The molecule has 1 aliphatic carbocycles. The van der Waals surface area contributed by atoms with Crippen LogP contribution in [-0.2, 0) is 17.8 Å². The van der Waals surface area contributed by atoms with Crippen LogP contribution in [-0.4, -0.2) is 27.5 Å². The number of ether oxygens (including phenoxy) is 1. The first-order valence-corrected chi connectivity index (χ1v) is 10.4. The number of hydrogen-bond donors (Lipinski definition) is 1. The number of pyridine rings is 1. The Bertz CT molecular complexity index is 1090. The van der Waals surface area contributed by atoms with Crippen molar-refractivity contribution < 1.29 is 22.3 Å². The largest absolute Gasteiger partial charge is 0.375 e. The van der Waals surface area contributed by atoms with Crippen LogP contribution in [0.3, 0.4) is 0 Å². The highest BCUT2D eigenvalue weighted by molar-refractivity contribution is 5.83. The van der Waals surface area contributed by atoms with Gasteiger partial charge in [0.25, 0.3) is 0 Å². The van der Waals surface area contributed by atoms with Crippen molar-refractivity contribution in [3.8, 4) is 22.5 Å². The molecule has 1 aliphatic heterocycles. The van der Waals surface area contributed by atoms with Crippen LogP contribution in [0.4, 0.5) is 17.6 Å². The number of nitrogens with one attached hydrogen (secondary N) is 1. The smallest absolute Gasteiger partial charge is 0.248 e. The number of alkyl halides is 2. The van der Waals surface area contributed by atoms with Gasteiger partial charge in [-0.15, -0.1) is 0 Å². The third-order valence-corrected chi connectivity index (χ3v) is 6.13. The molecule has 1 saturated carbocycles. The monoisotopic (exact) mass is 431 g/mol. The molecule has 0 bridgehead atoms. The molecule has 2 aromatic heterocycles. The first kappa shape index (κ1) is 20.2. The van der Waals surface area contributed by atoms with Crippen molar-refractivity contribution in [3.63, 3.8) is 0 Å². The number of H-pyrrole nitrogens is 1. The molecule has 2 aliphatic rings. The molecular formula is C23H21F4N3O. The Hall–Kier alpha value is -2.74. The second-order valence-corrected chi connectivity index (χ2v) is 8.19. The Labute approximate surface area is 176 Å². The van der Waals surface area contributed by atoms with Crippen molar-refractivity contribution in [3.05, 3.63) is 59.2 Å². The minimum Gasteiger partial charge on any atom is -0.375 e. The van der Waals surface area contributed by atoms with Gasteiger partial charge >= 0.3 is 0 Å². The third-order valence-electron chi connectivity index (χ3n) is 6.13. The Balaban J connectivity index is 1.68.